The molecule has 6 heterocycles. The second-order valence-electron chi connectivity index (χ2n) is 11.7. The monoisotopic (exact) mass is 620 g/mol. The van der Waals surface area contributed by atoms with Crippen molar-refractivity contribution >= 4 is 39.0 Å². The fourth-order valence-electron chi connectivity index (χ4n) is 6.12. The van der Waals surface area contributed by atoms with Crippen LogP contribution < -0.4 is 10.1 Å². The Labute approximate surface area is 266 Å². The zero-order valence-corrected chi connectivity index (χ0v) is 26.3. The molecule has 10 nitrogen and oxygen atoms in total. The fraction of sp³-hybridized carbons (Fsp3) is 0.324. The van der Waals surface area contributed by atoms with E-state index in [1.54, 1.807) is 29.9 Å². The fourth-order valence-corrected chi connectivity index (χ4v) is 7.33. The van der Waals surface area contributed by atoms with Crippen LogP contribution in [0, 0.1) is 13.8 Å². The number of carbonyl (C=O) groups is 1. The Balaban J connectivity index is 0.981. The average Bonchev–Trinajstić information content (AvgIpc) is 3.72. The first-order valence-electron chi connectivity index (χ1n) is 15.4. The number of amides is 1. The van der Waals surface area contributed by atoms with E-state index in [0.29, 0.717) is 24.9 Å². The van der Waals surface area contributed by atoms with Gasteiger partial charge in [0, 0.05) is 66.9 Å². The van der Waals surface area contributed by atoms with E-state index in [9.17, 15) is 4.79 Å². The molecule has 2 aliphatic heterocycles. The molecule has 0 bridgehead atoms. The molecular weight excluding hydrogens is 584 g/mol. The molecule has 0 atom stereocenters. The number of rotatable bonds is 8. The number of fused-ring (bicyclic) bond motifs is 3. The highest BCUT2D eigenvalue weighted by molar-refractivity contribution is 7.19. The average molecular weight is 621 g/mol. The van der Waals surface area contributed by atoms with E-state index < -0.39 is 0 Å². The van der Waals surface area contributed by atoms with Crippen molar-refractivity contribution in [1.82, 2.24) is 34.3 Å². The molecule has 5 aromatic rings. The summed E-state index contributed by atoms with van der Waals surface area (Å²) in [5.74, 6) is 2.33. The molecule has 4 aromatic heterocycles. The number of benzene rings is 1. The zero-order chi connectivity index (χ0) is 30.8. The van der Waals surface area contributed by atoms with Crippen molar-refractivity contribution in [2.24, 2.45) is 0 Å². The summed E-state index contributed by atoms with van der Waals surface area (Å²) in [7, 11) is 0. The molecule has 1 amide bonds. The molecule has 1 aromatic carbocycles. The predicted octanol–water partition coefficient (Wildman–Crippen LogP) is 6.21. The highest BCUT2D eigenvalue weighted by Crippen LogP contribution is 2.38. The van der Waals surface area contributed by atoms with Crippen LogP contribution in [0.4, 0.5) is 11.5 Å². The van der Waals surface area contributed by atoms with Crippen LogP contribution in [0.25, 0.3) is 10.2 Å². The van der Waals surface area contributed by atoms with Gasteiger partial charge in [0.2, 0.25) is 5.91 Å². The molecule has 1 saturated heterocycles. The maximum Gasteiger partial charge on any atom is 0.246 e. The van der Waals surface area contributed by atoms with Gasteiger partial charge in [-0.15, -0.1) is 11.3 Å². The summed E-state index contributed by atoms with van der Waals surface area (Å²) in [6.45, 7) is 8.08. The molecule has 2 aliphatic rings. The number of piperidine rings is 1. The van der Waals surface area contributed by atoms with Gasteiger partial charge in [0.15, 0.2) is 0 Å². The number of hydrogen-bond acceptors (Lipinski definition) is 9. The van der Waals surface area contributed by atoms with E-state index in [1.165, 1.54) is 10.4 Å². The number of thiophene rings is 1. The maximum absolute atomic E-state index is 13.1. The summed E-state index contributed by atoms with van der Waals surface area (Å²) < 4.78 is 8.25. The van der Waals surface area contributed by atoms with E-state index in [2.05, 4.69) is 40.8 Å². The third-order valence-corrected chi connectivity index (χ3v) is 9.75. The number of imidazole rings is 1. The molecule has 0 unspecified atom stereocenters. The Morgan fingerprint density at radius 1 is 1.11 bits per heavy atom. The minimum Gasteiger partial charge on any atom is -0.455 e. The lowest BCUT2D eigenvalue weighted by Crippen LogP contribution is -2.35. The highest BCUT2D eigenvalue weighted by Gasteiger charge is 2.26. The Kier molecular flexibility index (Phi) is 8.27. The van der Waals surface area contributed by atoms with Crippen molar-refractivity contribution in [3.8, 4) is 11.5 Å². The molecule has 1 N–H and O–H groups in total. The Morgan fingerprint density at radius 2 is 2.00 bits per heavy atom. The number of nitrogens with zero attached hydrogens (tertiary/aromatic N) is 7. The van der Waals surface area contributed by atoms with Crippen LogP contribution in [-0.4, -0.2) is 66.4 Å². The quantitative estimate of drug-likeness (QED) is 0.204. The van der Waals surface area contributed by atoms with Gasteiger partial charge in [-0.25, -0.2) is 15.0 Å². The third kappa shape index (κ3) is 6.45. The summed E-state index contributed by atoms with van der Waals surface area (Å²) in [5, 5.41) is 4.56. The Hall–Kier alpha value is -4.61. The van der Waals surface area contributed by atoms with Crippen molar-refractivity contribution in [1.29, 1.82) is 0 Å². The predicted molar refractivity (Wildman–Crippen MR) is 176 cm³/mol. The maximum atomic E-state index is 13.1. The first kappa shape index (κ1) is 29.1. The normalized spacial score (nSPS) is 15.9. The van der Waals surface area contributed by atoms with Gasteiger partial charge in [-0.05, 0) is 74.6 Å². The standard InChI is InChI=1S/C34H36N8O2S/c1-23-18-25(6-8-29(23)44-27-7-5-24(2)36-19-27)39-33-32-28-11-16-41(20-30(28)45-34(32)38-21-37-33)31(43)4-3-13-40-14-9-26(10-15-40)42-17-12-35-22-42/h3-8,12,17-19,21-22,26H,9-11,13-16,20H2,1-2H3,(H,37,38,39)/b4-3+. The number of nitrogens with one attached hydrogen (secondary N) is 1. The lowest BCUT2D eigenvalue weighted by molar-refractivity contribution is -0.126. The third-order valence-electron chi connectivity index (χ3n) is 8.63. The largest absolute Gasteiger partial charge is 0.455 e. The van der Waals surface area contributed by atoms with Crippen LogP contribution in [-0.2, 0) is 17.8 Å². The van der Waals surface area contributed by atoms with Gasteiger partial charge < -0.3 is 19.5 Å². The van der Waals surface area contributed by atoms with Crippen LogP contribution in [0.5, 0.6) is 11.5 Å². The summed E-state index contributed by atoms with van der Waals surface area (Å²) in [6.07, 6.45) is 15.9. The number of pyridine rings is 1. The summed E-state index contributed by atoms with van der Waals surface area (Å²) in [4.78, 5) is 37.3. The Morgan fingerprint density at radius 3 is 2.78 bits per heavy atom. The SMILES string of the molecule is Cc1ccc(Oc2ccc(Nc3ncnc4sc5c(c34)CCN(C(=O)/C=C/CN3CCC(n4ccnc4)CC3)C5)cc2C)cn1. The summed E-state index contributed by atoms with van der Waals surface area (Å²) in [5.41, 5.74) is 4.10. The van der Waals surface area contributed by atoms with E-state index in [-0.39, 0.29) is 5.91 Å². The van der Waals surface area contributed by atoms with Gasteiger partial charge >= 0.3 is 0 Å². The number of aryl methyl sites for hydroxylation is 2. The summed E-state index contributed by atoms with van der Waals surface area (Å²) in [6, 6.07) is 10.4. The lowest BCUT2D eigenvalue weighted by Gasteiger charge is -2.31. The van der Waals surface area contributed by atoms with Gasteiger partial charge in [-0.1, -0.05) is 6.08 Å². The van der Waals surface area contributed by atoms with Crippen LogP contribution >= 0.6 is 11.3 Å². The van der Waals surface area contributed by atoms with Gasteiger partial charge in [0.25, 0.3) is 0 Å². The van der Waals surface area contributed by atoms with Gasteiger partial charge in [0.1, 0.15) is 28.5 Å². The van der Waals surface area contributed by atoms with E-state index in [4.69, 9.17) is 4.74 Å². The Bertz CT molecular complexity index is 1830. The molecule has 0 radical (unpaired) electrons. The molecule has 7 rings (SSSR count). The molecule has 45 heavy (non-hydrogen) atoms. The van der Waals surface area contributed by atoms with Crippen molar-refractivity contribution < 1.29 is 9.53 Å². The molecule has 1 fully saturated rings. The van der Waals surface area contributed by atoms with Crippen LogP contribution in [0.15, 0.2) is 73.7 Å². The van der Waals surface area contributed by atoms with Crippen LogP contribution in [0.2, 0.25) is 0 Å². The van der Waals surface area contributed by atoms with Gasteiger partial charge in [0.05, 0.1) is 24.5 Å². The lowest BCUT2D eigenvalue weighted by atomic mass is 10.0. The summed E-state index contributed by atoms with van der Waals surface area (Å²) >= 11 is 1.65. The number of aromatic nitrogens is 5. The molecule has 230 valence electrons. The molecule has 0 spiro atoms. The number of hydrogen-bond donors (Lipinski definition) is 1. The van der Waals surface area contributed by atoms with E-state index in [1.807, 2.05) is 67.8 Å². The number of anilines is 2. The highest BCUT2D eigenvalue weighted by atomic mass is 32.1. The minimum absolute atomic E-state index is 0.0649. The smallest absolute Gasteiger partial charge is 0.246 e. The van der Waals surface area contributed by atoms with Crippen molar-refractivity contribution in [3.05, 3.63) is 95.4 Å². The number of likely N-dealkylation sites (tertiary alicyclic amines) is 1. The van der Waals surface area contributed by atoms with Crippen molar-refractivity contribution in [2.75, 3.05) is 31.5 Å². The molecule has 0 saturated carbocycles. The first-order chi connectivity index (χ1) is 22.0. The van der Waals surface area contributed by atoms with Gasteiger partial charge in [-0.2, -0.15) is 0 Å². The molecule has 0 aliphatic carbocycles. The number of carbonyl (C=O) groups excluding carboxylic acids is 1. The second kappa shape index (κ2) is 12.8. The topological polar surface area (TPSA) is 101 Å². The van der Waals surface area contributed by atoms with Crippen LogP contribution in [0.3, 0.4) is 0 Å². The van der Waals surface area contributed by atoms with Crippen molar-refractivity contribution in [2.45, 2.75) is 45.7 Å². The van der Waals surface area contributed by atoms with Crippen LogP contribution in [0.1, 0.15) is 40.6 Å². The minimum atomic E-state index is 0.0649. The first-order valence-corrected chi connectivity index (χ1v) is 16.2. The molecular formula is C34H36N8O2S. The zero-order valence-electron chi connectivity index (χ0n) is 25.5. The second-order valence-corrected chi connectivity index (χ2v) is 12.8. The van der Waals surface area contributed by atoms with Crippen molar-refractivity contribution in [3.63, 3.8) is 0 Å². The molecule has 11 heteroatoms. The van der Waals surface area contributed by atoms with E-state index in [0.717, 1.165) is 77.6 Å². The van der Waals surface area contributed by atoms with E-state index >= 15 is 0 Å². The van der Waals surface area contributed by atoms with Gasteiger partial charge in [-0.3, -0.25) is 14.7 Å². The number of ether oxygens (including phenoxy) is 1.